The van der Waals surface area contributed by atoms with Gasteiger partial charge in [0.25, 0.3) is 5.91 Å². The minimum absolute atomic E-state index is 0.290. The molecule has 0 aliphatic heterocycles. The maximum atomic E-state index is 12.4. The Balaban J connectivity index is 1.78. The first-order valence-electron chi connectivity index (χ1n) is 8.60. The van der Waals surface area contributed by atoms with Crippen molar-refractivity contribution in [2.75, 3.05) is 0 Å². The highest BCUT2D eigenvalue weighted by molar-refractivity contribution is 6.31. The van der Waals surface area contributed by atoms with Crippen LogP contribution in [0.3, 0.4) is 0 Å². The van der Waals surface area contributed by atoms with Gasteiger partial charge in [-0.15, -0.1) is 0 Å². The fourth-order valence-corrected chi connectivity index (χ4v) is 2.99. The van der Waals surface area contributed by atoms with Crippen LogP contribution in [-0.2, 0) is 12.8 Å². The molecule has 0 saturated carbocycles. The van der Waals surface area contributed by atoms with Gasteiger partial charge in [-0.3, -0.25) is 4.79 Å². The average molecular weight is 432 g/mol. The Labute approximate surface area is 178 Å². The molecule has 28 heavy (non-hydrogen) atoms. The highest BCUT2D eigenvalue weighted by atomic mass is 35.5. The molecule has 0 aromatic heterocycles. The molecule has 0 aliphatic carbocycles. The van der Waals surface area contributed by atoms with Crippen molar-refractivity contribution in [2.45, 2.75) is 12.8 Å². The minimum Gasteiger partial charge on any atom is -0.267 e. The predicted octanol–water partition coefficient (Wildman–Crippen LogP) is 6.22. The van der Waals surface area contributed by atoms with Crippen molar-refractivity contribution in [3.8, 4) is 0 Å². The van der Waals surface area contributed by atoms with E-state index in [1.807, 2.05) is 48.5 Å². The first-order valence-corrected chi connectivity index (χ1v) is 9.73. The van der Waals surface area contributed by atoms with Gasteiger partial charge in [-0.05, 0) is 59.7 Å². The molecule has 0 spiro atoms. The number of nitrogens with one attached hydrogen (secondary N) is 1. The number of benzene rings is 3. The maximum absolute atomic E-state index is 12.4. The lowest BCUT2D eigenvalue weighted by Gasteiger charge is -2.09. The zero-order valence-electron chi connectivity index (χ0n) is 14.8. The summed E-state index contributed by atoms with van der Waals surface area (Å²) in [6, 6.07) is 21.8. The van der Waals surface area contributed by atoms with Crippen molar-refractivity contribution >= 4 is 46.4 Å². The molecule has 0 atom stereocenters. The normalized spacial score (nSPS) is 10.4. The molecule has 0 bridgehead atoms. The molecule has 3 aromatic carbocycles. The van der Waals surface area contributed by atoms with E-state index in [4.69, 9.17) is 34.8 Å². The van der Waals surface area contributed by atoms with Gasteiger partial charge in [0.05, 0.1) is 0 Å². The molecule has 3 nitrogen and oxygen atoms in total. The largest absolute Gasteiger partial charge is 0.271 e. The second-order valence-corrected chi connectivity index (χ2v) is 7.54. The van der Waals surface area contributed by atoms with E-state index in [0.29, 0.717) is 33.5 Å². The number of carbonyl (C=O) groups is 1. The van der Waals surface area contributed by atoms with E-state index >= 15 is 0 Å². The molecule has 6 heteroatoms. The fraction of sp³-hybridized carbons (Fsp3) is 0.0909. The third-order valence-corrected chi connectivity index (χ3v) is 4.82. The fourth-order valence-electron chi connectivity index (χ4n) is 2.61. The molecule has 3 aromatic rings. The van der Waals surface area contributed by atoms with Crippen LogP contribution in [0.15, 0.2) is 77.9 Å². The molecule has 3 rings (SSSR count). The van der Waals surface area contributed by atoms with E-state index < -0.39 is 0 Å². The lowest BCUT2D eigenvalue weighted by Crippen LogP contribution is -2.21. The van der Waals surface area contributed by atoms with Crippen molar-refractivity contribution in [1.82, 2.24) is 5.43 Å². The Kier molecular flexibility index (Phi) is 7.10. The minimum atomic E-state index is -0.290. The first-order chi connectivity index (χ1) is 13.5. The Morgan fingerprint density at radius 2 is 1.07 bits per heavy atom. The SMILES string of the molecule is O=C(NN=C(Cc1ccc(Cl)cc1)Cc1ccc(Cl)cc1)c1ccc(Cl)cc1. The Hall–Kier alpha value is -2.33. The number of hydrogen-bond acceptors (Lipinski definition) is 2. The second kappa shape index (κ2) is 9.74. The van der Waals surface area contributed by atoms with Crippen molar-refractivity contribution in [2.24, 2.45) is 5.10 Å². The van der Waals surface area contributed by atoms with Gasteiger partial charge in [-0.25, -0.2) is 5.43 Å². The summed E-state index contributed by atoms with van der Waals surface area (Å²) in [5.74, 6) is -0.290. The topological polar surface area (TPSA) is 41.5 Å². The number of hydrogen-bond donors (Lipinski definition) is 1. The average Bonchev–Trinajstić information content (AvgIpc) is 2.70. The molecule has 0 fully saturated rings. The zero-order valence-corrected chi connectivity index (χ0v) is 17.1. The lowest BCUT2D eigenvalue weighted by molar-refractivity contribution is 0.0954. The highest BCUT2D eigenvalue weighted by Gasteiger charge is 2.08. The summed E-state index contributed by atoms with van der Waals surface area (Å²) in [5, 5.41) is 6.30. The summed E-state index contributed by atoms with van der Waals surface area (Å²) in [6.07, 6.45) is 1.17. The van der Waals surface area contributed by atoms with Gasteiger partial charge in [-0.1, -0.05) is 59.1 Å². The highest BCUT2D eigenvalue weighted by Crippen LogP contribution is 2.14. The third-order valence-electron chi connectivity index (χ3n) is 4.06. The van der Waals surface area contributed by atoms with E-state index in [0.717, 1.165) is 16.8 Å². The van der Waals surface area contributed by atoms with Gasteiger partial charge in [0.15, 0.2) is 0 Å². The Morgan fingerprint density at radius 1 is 0.679 bits per heavy atom. The van der Waals surface area contributed by atoms with Gasteiger partial charge in [0, 0.05) is 39.2 Å². The Morgan fingerprint density at radius 3 is 1.50 bits per heavy atom. The maximum Gasteiger partial charge on any atom is 0.271 e. The monoisotopic (exact) mass is 430 g/mol. The quantitative estimate of drug-likeness (QED) is 0.365. The van der Waals surface area contributed by atoms with Crippen LogP contribution in [0.2, 0.25) is 15.1 Å². The summed E-state index contributed by atoms with van der Waals surface area (Å²) in [5.41, 5.74) is 6.05. The van der Waals surface area contributed by atoms with Gasteiger partial charge in [-0.2, -0.15) is 5.10 Å². The van der Waals surface area contributed by atoms with Crippen molar-refractivity contribution in [3.05, 3.63) is 105 Å². The number of carbonyl (C=O) groups excluding carboxylic acids is 1. The van der Waals surface area contributed by atoms with Crippen LogP contribution in [-0.4, -0.2) is 11.6 Å². The van der Waals surface area contributed by atoms with E-state index in [9.17, 15) is 4.79 Å². The molecular formula is C22H17Cl3N2O. The van der Waals surface area contributed by atoms with Crippen molar-refractivity contribution in [1.29, 1.82) is 0 Å². The smallest absolute Gasteiger partial charge is 0.267 e. The number of hydrazone groups is 1. The first kappa shape index (κ1) is 20.4. The van der Waals surface area contributed by atoms with Crippen LogP contribution in [0.5, 0.6) is 0 Å². The molecule has 0 heterocycles. The summed E-state index contributed by atoms with van der Waals surface area (Å²) in [4.78, 5) is 12.4. The van der Waals surface area contributed by atoms with Crippen LogP contribution < -0.4 is 5.43 Å². The second-order valence-electron chi connectivity index (χ2n) is 6.23. The molecule has 0 aliphatic rings. The number of nitrogens with zero attached hydrogens (tertiary/aromatic N) is 1. The van der Waals surface area contributed by atoms with Gasteiger partial charge in [0.1, 0.15) is 0 Å². The van der Waals surface area contributed by atoms with Gasteiger partial charge < -0.3 is 0 Å². The molecule has 0 radical (unpaired) electrons. The summed E-state index contributed by atoms with van der Waals surface area (Å²) in [6.45, 7) is 0. The molecule has 1 amide bonds. The van der Waals surface area contributed by atoms with Crippen LogP contribution >= 0.6 is 34.8 Å². The standard InChI is InChI=1S/C22H17Cl3N2O/c23-18-7-1-15(2-8-18)13-21(14-16-3-9-19(24)10-4-16)26-27-22(28)17-5-11-20(25)12-6-17/h1-12H,13-14H2,(H,27,28). The predicted molar refractivity (Wildman–Crippen MR) is 117 cm³/mol. The molecule has 0 unspecified atom stereocenters. The van der Waals surface area contributed by atoms with E-state index in [1.54, 1.807) is 24.3 Å². The summed E-state index contributed by atoms with van der Waals surface area (Å²) >= 11 is 17.8. The van der Waals surface area contributed by atoms with E-state index in [-0.39, 0.29) is 5.91 Å². The van der Waals surface area contributed by atoms with Crippen LogP contribution in [0.4, 0.5) is 0 Å². The van der Waals surface area contributed by atoms with E-state index in [1.165, 1.54) is 0 Å². The molecule has 142 valence electrons. The Bertz CT molecular complexity index is 917. The number of rotatable bonds is 6. The lowest BCUT2D eigenvalue weighted by atomic mass is 10.0. The van der Waals surface area contributed by atoms with Crippen LogP contribution in [0.25, 0.3) is 0 Å². The number of amides is 1. The molecule has 0 saturated heterocycles. The van der Waals surface area contributed by atoms with Crippen LogP contribution in [0, 0.1) is 0 Å². The van der Waals surface area contributed by atoms with Crippen LogP contribution in [0.1, 0.15) is 21.5 Å². The summed E-state index contributed by atoms with van der Waals surface area (Å²) < 4.78 is 0. The molecular weight excluding hydrogens is 415 g/mol. The van der Waals surface area contributed by atoms with Crippen molar-refractivity contribution < 1.29 is 4.79 Å². The third kappa shape index (κ3) is 6.10. The molecule has 1 N–H and O–H groups in total. The van der Waals surface area contributed by atoms with E-state index in [2.05, 4.69) is 10.5 Å². The van der Waals surface area contributed by atoms with Gasteiger partial charge in [0.2, 0.25) is 0 Å². The zero-order chi connectivity index (χ0) is 19.9. The number of halogens is 3. The van der Waals surface area contributed by atoms with Gasteiger partial charge >= 0.3 is 0 Å². The van der Waals surface area contributed by atoms with Crippen molar-refractivity contribution in [3.63, 3.8) is 0 Å². The summed E-state index contributed by atoms with van der Waals surface area (Å²) in [7, 11) is 0.